The third-order valence-electron chi connectivity index (χ3n) is 4.89. The number of nitrogens with one attached hydrogen (secondary N) is 2. The number of nitrogens with zero attached hydrogens (tertiary/aromatic N) is 4. The van der Waals surface area contributed by atoms with Crippen LogP contribution >= 0.6 is 12.4 Å². The number of hydrogen-bond donors (Lipinski definition) is 2. The summed E-state index contributed by atoms with van der Waals surface area (Å²) in [5, 5.41) is 15.1. The van der Waals surface area contributed by atoms with Crippen LogP contribution in [0.15, 0.2) is 48.8 Å². The normalized spacial score (nSPS) is 16.2. The maximum atomic E-state index is 13.0. The molecular weight excluding hydrogens is 395 g/mol. The lowest BCUT2D eigenvalue weighted by atomic mass is 10.1. The molecule has 1 aromatic carbocycles. The Kier molecular flexibility index (Phi) is 7.00. The molecule has 4 rings (SSSR count). The SMILES string of the molecule is Cl.O=C(NCCc1ccn(-c2ccc(F)cc2)n1)c1ccn(C2CCCNC2)n1. The molecule has 1 amide bonds. The number of piperidine rings is 1. The molecule has 1 aliphatic rings. The summed E-state index contributed by atoms with van der Waals surface area (Å²) >= 11 is 0. The molecule has 1 atom stereocenters. The second-order valence-electron chi connectivity index (χ2n) is 6.92. The van der Waals surface area contributed by atoms with E-state index in [4.69, 9.17) is 0 Å². The Morgan fingerprint density at radius 1 is 1.17 bits per heavy atom. The van der Waals surface area contributed by atoms with Crippen molar-refractivity contribution in [2.24, 2.45) is 0 Å². The van der Waals surface area contributed by atoms with Crippen molar-refractivity contribution in [3.05, 3.63) is 66.0 Å². The Morgan fingerprint density at radius 3 is 2.76 bits per heavy atom. The van der Waals surface area contributed by atoms with Crippen molar-refractivity contribution in [1.29, 1.82) is 0 Å². The molecular formula is C20H24ClFN6O. The predicted molar refractivity (Wildman–Crippen MR) is 110 cm³/mol. The first-order valence-electron chi connectivity index (χ1n) is 9.53. The second-order valence-corrected chi connectivity index (χ2v) is 6.92. The van der Waals surface area contributed by atoms with Crippen LogP contribution in [0, 0.1) is 5.82 Å². The van der Waals surface area contributed by atoms with Crippen molar-refractivity contribution in [2.45, 2.75) is 25.3 Å². The van der Waals surface area contributed by atoms with Crippen LogP contribution in [-0.4, -0.2) is 45.1 Å². The van der Waals surface area contributed by atoms with E-state index >= 15 is 0 Å². The van der Waals surface area contributed by atoms with Crippen LogP contribution in [0.25, 0.3) is 5.69 Å². The van der Waals surface area contributed by atoms with Gasteiger partial charge in [0.05, 0.1) is 17.4 Å². The topological polar surface area (TPSA) is 76.8 Å². The Balaban J connectivity index is 0.00000240. The summed E-state index contributed by atoms with van der Waals surface area (Å²) in [6, 6.07) is 10.1. The van der Waals surface area contributed by atoms with E-state index in [1.807, 2.05) is 23.1 Å². The molecule has 1 unspecified atom stereocenters. The van der Waals surface area contributed by atoms with Gasteiger partial charge in [0.1, 0.15) is 11.5 Å². The van der Waals surface area contributed by atoms with E-state index < -0.39 is 0 Å². The molecule has 1 saturated heterocycles. The van der Waals surface area contributed by atoms with E-state index in [1.165, 1.54) is 12.1 Å². The van der Waals surface area contributed by atoms with Gasteiger partial charge in [0, 0.05) is 31.9 Å². The van der Waals surface area contributed by atoms with Crippen molar-refractivity contribution < 1.29 is 9.18 Å². The molecule has 9 heteroatoms. The highest BCUT2D eigenvalue weighted by molar-refractivity contribution is 5.92. The molecule has 2 aromatic heterocycles. The molecule has 0 bridgehead atoms. The zero-order valence-electron chi connectivity index (χ0n) is 15.9. The summed E-state index contributed by atoms with van der Waals surface area (Å²) in [7, 11) is 0. The Morgan fingerprint density at radius 2 is 2.00 bits per heavy atom. The average Bonchev–Trinajstić information content (AvgIpc) is 3.39. The van der Waals surface area contributed by atoms with Crippen LogP contribution in [0.2, 0.25) is 0 Å². The van der Waals surface area contributed by atoms with E-state index in [9.17, 15) is 9.18 Å². The Labute approximate surface area is 174 Å². The first-order valence-corrected chi connectivity index (χ1v) is 9.53. The van der Waals surface area contributed by atoms with Crippen molar-refractivity contribution in [3.63, 3.8) is 0 Å². The van der Waals surface area contributed by atoms with Gasteiger partial charge in [-0.25, -0.2) is 9.07 Å². The number of carbonyl (C=O) groups excluding carboxylic acids is 1. The molecule has 1 aliphatic heterocycles. The van der Waals surface area contributed by atoms with Crippen LogP contribution in [0.4, 0.5) is 4.39 Å². The number of hydrogen-bond acceptors (Lipinski definition) is 4. The number of rotatable bonds is 6. The molecule has 29 heavy (non-hydrogen) atoms. The van der Waals surface area contributed by atoms with Gasteiger partial charge in [-0.3, -0.25) is 9.48 Å². The van der Waals surface area contributed by atoms with Gasteiger partial charge < -0.3 is 10.6 Å². The third-order valence-corrected chi connectivity index (χ3v) is 4.89. The summed E-state index contributed by atoms with van der Waals surface area (Å²) in [6.07, 6.45) is 6.50. The molecule has 154 valence electrons. The van der Waals surface area contributed by atoms with Gasteiger partial charge in [-0.2, -0.15) is 10.2 Å². The van der Waals surface area contributed by atoms with Crippen LogP contribution in [0.1, 0.15) is 35.1 Å². The molecule has 0 spiro atoms. The number of benzene rings is 1. The van der Waals surface area contributed by atoms with Crippen LogP contribution in [-0.2, 0) is 6.42 Å². The average molecular weight is 419 g/mol. The van der Waals surface area contributed by atoms with Gasteiger partial charge >= 0.3 is 0 Å². The Bertz CT molecular complexity index is 933. The summed E-state index contributed by atoms with van der Waals surface area (Å²) in [5.41, 5.74) is 2.07. The summed E-state index contributed by atoms with van der Waals surface area (Å²) in [4.78, 5) is 12.3. The van der Waals surface area contributed by atoms with Crippen LogP contribution in [0.3, 0.4) is 0 Å². The van der Waals surface area contributed by atoms with Crippen molar-refractivity contribution in [1.82, 2.24) is 30.2 Å². The number of carbonyl (C=O) groups is 1. The highest BCUT2D eigenvalue weighted by Gasteiger charge is 2.17. The van der Waals surface area contributed by atoms with Crippen molar-refractivity contribution in [3.8, 4) is 5.69 Å². The molecule has 3 heterocycles. The summed E-state index contributed by atoms with van der Waals surface area (Å²) in [5.74, 6) is -0.457. The van der Waals surface area contributed by atoms with Gasteiger partial charge in [-0.05, 0) is 55.8 Å². The molecule has 2 N–H and O–H groups in total. The molecule has 3 aromatic rings. The van der Waals surface area contributed by atoms with Crippen molar-refractivity contribution in [2.75, 3.05) is 19.6 Å². The summed E-state index contributed by atoms with van der Waals surface area (Å²) in [6.45, 7) is 2.40. The summed E-state index contributed by atoms with van der Waals surface area (Å²) < 4.78 is 16.6. The van der Waals surface area contributed by atoms with E-state index in [2.05, 4.69) is 20.8 Å². The maximum Gasteiger partial charge on any atom is 0.271 e. The highest BCUT2D eigenvalue weighted by atomic mass is 35.5. The van der Waals surface area contributed by atoms with Gasteiger partial charge in [0.2, 0.25) is 0 Å². The second kappa shape index (κ2) is 9.67. The predicted octanol–water partition coefficient (Wildman–Crippen LogP) is 2.53. The molecule has 0 saturated carbocycles. The quantitative estimate of drug-likeness (QED) is 0.645. The smallest absolute Gasteiger partial charge is 0.271 e. The van der Waals surface area contributed by atoms with Crippen molar-refractivity contribution >= 4 is 18.3 Å². The maximum absolute atomic E-state index is 13.0. The zero-order chi connectivity index (χ0) is 19.3. The van der Waals surface area contributed by atoms with Crippen LogP contribution < -0.4 is 10.6 Å². The fraction of sp³-hybridized carbons (Fsp3) is 0.350. The van der Waals surface area contributed by atoms with E-state index in [1.54, 1.807) is 22.9 Å². The van der Waals surface area contributed by atoms with Gasteiger partial charge in [0.25, 0.3) is 5.91 Å². The lowest BCUT2D eigenvalue weighted by molar-refractivity contribution is 0.0947. The lowest BCUT2D eigenvalue weighted by Crippen LogP contribution is -2.32. The number of amides is 1. The third kappa shape index (κ3) is 5.21. The largest absolute Gasteiger partial charge is 0.350 e. The molecule has 1 fully saturated rings. The van der Waals surface area contributed by atoms with E-state index in [0.717, 1.165) is 37.3 Å². The number of aromatic nitrogens is 4. The molecule has 7 nitrogen and oxygen atoms in total. The monoisotopic (exact) mass is 418 g/mol. The lowest BCUT2D eigenvalue weighted by Gasteiger charge is -2.22. The highest BCUT2D eigenvalue weighted by Crippen LogP contribution is 2.15. The minimum Gasteiger partial charge on any atom is -0.350 e. The first kappa shape index (κ1) is 21.0. The van der Waals surface area contributed by atoms with Gasteiger partial charge in [-0.15, -0.1) is 12.4 Å². The fourth-order valence-electron chi connectivity index (χ4n) is 3.35. The van der Waals surface area contributed by atoms with E-state index in [0.29, 0.717) is 24.7 Å². The fourth-order valence-corrected chi connectivity index (χ4v) is 3.35. The number of halogens is 2. The molecule has 0 radical (unpaired) electrons. The van der Waals surface area contributed by atoms with Crippen LogP contribution in [0.5, 0.6) is 0 Å². The first-order chi connectivity index (χ1) is 13.7. The minimum atomic E-state index is -0.277. The van der Waals surface area contributed by atoms with Gasteiger partial charge in [0.15, 0.2) is 0 Å². The minimum absolute atomic E-state index is 0. The molecule has 0 aliphatic carbocycles. The Hall–Kier alpha value is -2.71. The van der Waals surface area contributed by atoms with Gasteiger partial charge in [-0.1, -0.05) is 0 Å². The zero-order valence-corrected chi connectivity index (χ0v) is 16.7. The standard InChI is InChI=1S/C20H23FN6O.ClH/c21-15-3-5-17(6-4-15)26-12-8-16(24-26)7-11-23-20(28)19-9-13-27(25-19)18-2-1-10-22-14-18;/h3-6,8-9,12-13,18,22H,1-2,7,10-11,14H2,(H,23,28);1H. The van der Waals surface area contributed by atoms with E-state index in [-0.39, 0.29) is 24.1 Å².